The minimum absolute atomic E-state index is 0.454. The first kappa shape index (κ1) is 18.3. The number of hydrogen-bond donors (Lipinski definition) is 2. The number of alkyl halides is 3. The van der Waals surface area contributed by atoms with E-state index < -0.39 is 18.4 Å². The lowest BCUT2D eigenvalue weighted by Gasteiger charge is -2.61. The van der Waals surface area contributed by atoms with E-state index in [2.05, 4.69) is 25.2 Å². The highest BCUT2D eigenvalue weighted by molar-refractivity contribution is 5.00. The van der Waals surface area contributed by atoms with Gasteiger partial charge in [0.25, 0.3) is 0 Å². The maximum absolute atomic E-state index is 13.1. The number of ether oxygens (including phenoxy) is 2. The summed E-state index contributed by atoms with van der Waals surface area (Å²) in [6.07, 6.45) is -5.87. The number of likely N-dealkylation sites (N-methyl/N-ethyl adjacent to an activating group) is 1. The highest BCUT2D eigenvalue weighted by Gasteiger charge is 2.57. The number of nitrogens with one attached hydrogen (secondary N) is 2. The number of rotatable bonds is 3. The molecule has 0 aromatic heterocycles. The molecule has 0 spiro atoms. The lowest BCUT2D eigenvalue weighted by Crippen LogP contribution is -2.83. The molecule has 0 saturated carbocycles. The predicted molar refractivity (Wildman–Crippen MR) is 81.1 cm³/mol. The minimum atomic E-state index is -4.69. The first-order chi connectivity index (χ1) is 11.4. The second-order valence-corrected chi connectivity index (χ2v) is 6.34. The van der Waals surface area contributed by atoms with Gasteiger partial charge in [0.2, 0.25) is 0 Å². The van der Waals surface area contributed by atoms with Crippen molar-refractivity contribution in [2.24, 2.45) is 0 Å². The molecule has 3 heterocycles. The summed E-state index contributed by atoms with van der Waals surface area (Å²) >= 11 is 0. The Morgan fingerprint density at radius 2 is 1.62 bits per heavy atom. The molecule has 0 aromatic carbocycles. The van der Waals surface area contributed by atoms with Gasteiger partial charge in [-0.1, -0.05) is 0 Å². The summed E-state index contributed by atoms with van der Waals surface area (Å²) in [5.74, 6) is -0.973. The zero-order chi connectivity index (χ0) is 17.2. The molecule has 3 fully saturated rings. The molecule has 0 aromatic rings. The van der Waals surface area contributed by atoms with Crippen LogP contribution in [0, 0.1) is 0 Å². The van der Waals surface area contributed by atoms with Crippen LogP contribution in [0.4, 0.5) is 13.2 Å². The topological polar surface area (TPSA) is 52.2 Å². The van der Waals surface area contributed by atoms with E-state index in [-0.39, 0.29) is 0 Å². The first-order valence-corrected chi connectivity index (χ1v) is 8.42. The van der Waals surface area contributed by atoms with Crippen molar-refractivity contribution in [2.75, 3.05) is 72.6 Å². The van der Waals surface area contributed by atoms with Crippen molar-refractivity contribution < 1.29 is 22.6 Å². The van der Waals surface area contributed by atoms with E-state index in [4.69, 9.17) is 4.74 Å². The Morgan fingerprint density at radius 1 is 1.00 bits per heavy atom. The summed E-state index contributed by atoms with van der Waals surface area (Å²) in [7, 11) is 1.88. The van der Waals surface area contributed by atoms with Crippen LogP contribution in [0.25, 0.3) is 0 Å². The second kappa shape index (κ2) is 7.40. The first-order valence-electron chi connectivity index (χ1n) is 8.42. The number of nitrogens with zero attached hydrogens (tertiary/aromatic N) is 3. The monoisotopic (exact) mass is 353 g/mol. The predicted octanol–water partition coefficient (Wildman–Crippen LogP) is -0.725. The Labute approximate surface area is 140 Å². The van der Waals surface area contributed by atoms with E-state index in [0.29, 0.717) is 52.5 Å². The Kier molecular flexibility index (Phi) is 5.65. The van der Waals surface area contributed by atoms with Crippen LogP contribution < -0.4 is 10.6 Å². The van der Waals surface area contributed by atoms with E-state index in [1.807, 2.05) is 11.9 Å². The Bertz CT molecular complexity index is 396. The average molecular weight is 353 g/mol. The number of halogens is 3. The summed E-state index contributed by atoms with van der Waals surface area (Å²) in [5, 5.41) is 6.23. The third kappa shape index (κ3) is 3.55. The molecule has 3 aliphatic rings. The molecule has 2 atom stereocenters. The average Bonchev–Trinajstić information content (AvgIpc) is 2.56. The summed E-state index contributed by atoms with van der Waals surface area (Å²) in [6, 6.07) is 0. The van der Waals surface area contributed by atoms with Crippen LogP contribution in [-0.4, -0.2) is 106 Å². The molecule has 0 bridgehead atoms. The highest BCUT2D eigenvalue weighted by Crippen LogP contribution is 2.35. The van der Waals surface area contributed by atoms with Crippen molar-refractivity contribution in [3.05, 3.63) is 0 Å². The second-order valence-electron chi connectivity index (χ2n) is 6.34. The lowest BCUT2D eigenvalue weighted by molar-refractivity contribution is -0.389. The van der Waals surface area contributed by atoms with Crippen molar-refractivity contribution in [1.29, 1.82) is 0 Å². The van der Waals surface area contributed by atoms with Crippen LogP contribution in [0.2, 0.25) is 0 Å². The van der Waals surface area contributed by atoms with Crippen molar-refractivity contribution >= 4 is 0 Å². The van der Waals surface area contributed by atoms with Gasteiger partial charge in [-0.3, -0.25) is 24.8 Å². The maximum atomic E-state index is 13.1. The van der Waals surface area contributed by atoms with Crippen LogP contribution in [0.1, 0.15) is 0 Å². The molecule has 3 saturated heterocycles. The SMILES string of the molecule is CN1CCNC(OC(F)(F)F)C1(N1CCNCC1)N1CCOCC1. The van der Waals surface area contributed by atoms with Crippen molar-refractivity contribution in [1.82, 2.24) is 25.3 Å². The van der Waals surface area contributed by atoms with E-state index in [1.165, 1.54) is 0 Å². The van der Waals surface area contributed by atoms with Gasteiger partial charge in [0.05, 0.1) is 13.2 Å². The van der Waals surface area contributed by atoms with Gasteiger partial charge in [0.15, 0.2) is 12.0 Å². The van der Waals surface area contributed by atoms with Gasteiger partial charge in [-0.2, -0.15) is 0 Å². The number of morpholine rings is 1. The van der Waals surface area contributed by atoms with Gasteiger partial charge >= 0.3 is 6.36 Å². The van der Waals surface area contributed by atoms with E-state index in [0.717, 1.165) is 13.1 Å². The molecule has 3 aliphatic heterocycles. The third-order valence-corrected chi connectivity index (χ3v) is 5.00. The van der Waals surface area contributed by atoms with Crippen LogP contribution in [-0.2, 0) is 9.47 Å². The maximum Gasteiger partial charge on any atom is 0.524 e. The summed E-state index contributed by atoms with van der Waals surface area (Å²) in [6.45, 7) is 6.12. The summed E-state index contributed by atoms with van der Waals surface area (Å²) in [4.78, 5) is 6.18. The minimum Gasteiger partial charge on any atom is -0.379 e. The Morgan fingerprint density at radius 3 is 2.25 bits per heavy atom. The molecule has 0 aliphatic carbocycles. The molecular formula is C14H26F3N5O2. The Hall–Kier alpha value is -0.490. The molecule has 0 radical (unpaired) electrons. The smallest absolute Gasteiger partial charge is 0.379 e. The molecule has 140 valence electrons. The van der Waals surface area contributed by atoms with Crippen LogP contribution >= 0.6 is 0 Å². The quantitative estimate of drug-likeness (QED) is 0.694. The van der Waals surface area contributed by atoms with Crippen LogP contribution in [0.5, 0.6) is 0 Å². The zero-order valence-corrected chi connectivity index (χ0v) is 13.9. The lowest BCUT2D eigenvalue weighted by atomic mass is 10.1. The van der Waals surface area contributed by atoms with E-state index in [9.17, 15) is 13.2 Å². The van der Waals surface area contributed by atoms with Gasteiger partial charge in [0, 0.05) is 52.4 Å². The number of hydrogen-bond acceptors (Lipinski definition) is 7. The van der Waals surface area contributed by atoms with E-state index >= 15 is 0 Å². The fourth-order valence-corrected chi connectivity index (χ4v) is 4.02. The third-order valence-electron chi connectivity index (χ3n) is 5.00. The van der Waals surface area contributed by atoms with Gasteiger partial charge in [-0.15, -0.1) is 13.2 Å². The van der Waals surface area contributed by atoms with Crippen molar-refractivity contribution in [2.45, 2.75) is 18.4 Å². The van der Waals surface area contributed by atoms with Gasteiger partial charge in [-0.05, 0) is 7.05 Å². The number of piperazine rings is 2. The van der Waals surface area contributed by atoms with Crippen LogP contribution in [0.15, 0.2) is 0 Å². The molecule has 3 rings (SSSR count). The molecule has 2 N–H and O–H groups in total. The highest BCUT2D eigenvalue weighted by atomic mass is 19.4. The molecule has 2 unspecified atom stereocenters. The van der Waals surface area contributed by atoms with Crippen LogP contribution in [0.3, 0.4) is 0 Å². The Balaban J connectivity index is 1.96. The zero-order valence-electron chi connectivity index (χ0n) is 13.9. The van der Waals surface area contributed by atoms with Crippen molar-refractivity contribution in [3.63, 3.8) is 0 Å². The van der Waals surface area contributed by atoms with Gasteiger partial charge < -0.3 is 10.1 Å². The molecular weight excluding hydrogens is 327 g/mol. The summed E-state index contributed by atoms with van der Waals surface area (Å²) in [5.41, 5.74) is 0. The molecule has 24 heavy (non-hydrogen) atoms. The fourth-order valence-electron chi connectivity index (χ4n) is 4.02. The van der Waals surface area contributed by atoms with Gasteiger partial charge in [-0.25, -0.2) is 0 Å². The molecule has 10 heteroatoms. The van der Waals surface area contributed by atoms with Gasteiger partial charge in [0.1, 0.15) is 0 Å². The van der Waals surface area contributed by atoms with Crippen molar-refractivity contribution in [3.8, 4) is 0 Å². The largest absolute Gasteiger partial charge is 0.524 e. The molecule has 0 amide bonds. The normalized spacial score (nSPS) is 35.2. The van der Waals surface area contributed by atoms with E-state index in [1.54, 1.807) is 0 Å². The standard InChI is InChI=1S/C14H26F3N5O2/c1-20-5-4-19-12(24-14(15,16)17)13(20,21-6-2-18-3-7-21)22-8-10-23-11-9-22/h12,18-19H,2-11H2,1H3. The summed E-state index contributed by atoms with van der Waals surface area (Å²) < 4.78 is 49.3. The fraction of sp³-hybridized carbons (Fsp3) is 1.00. The molecule has 7 nitrogen and oxygen atoms in total.